The zero-order valence-corrected chi connectivity index (χ0v) is 11.4. The molecule has 4 nitrogen and oxygen atoms in total. The molecule has 1 heterocycles. The number of pyridine rings is 1. The van der Waals surface area contributed by atoms with Gasteiger partial charge in [-0.2, -0.15) is 0 Å². The lowest BCUT2D eigenvalue weighted by atomic mass is 10.1. The normalized spacial score (nSPS) is 10.3. The van der Waals surface area contributed by atoms with Crippen LogP contribution in [-0.4, -0.2) is 23.1 Å². The average molecular weight is 310 g/mol. The Morgan fingerprint density at radius 2 is 2.17 bits per heavy atom. The standard InChI is InChI=1S/C13H12BrNO3/c1-2-17-13(16)12-6-9-3-4-11(18-8-14)5-10(9)7-15-12/h3-7H,2,8H2,1H3. The summed E-state index contributed by atoms with van der Waals surface area (Å²) in [6.45, 7) is 2.11. The van der Waals surface area contributed by atoms with Crippen molar-refractivity contribution in [2.45, 2.75) is 6.92 Å². The Hall–Kier alpha value is -1.62. The second-order valence-corrected chi connectivity index (χ2v) is 4.01. The van der Waals surface area contributed by atoms with Gasteiger partial charge in [-0.15, -0.1) is 0 Å². The van der Waals surface area contributed by atoms with Crippen molar-refractivity contribution in [1.29, 1.82) is 0 Å². The molecular formula is C13H12BrNO3. The number of fused-ring (bicyclic) bond motifs is 1. The van der Waals surface area contributed by atoms with E-state index in [0.29, 0.717) is 17.8 Å². The molecule has 0 spiro atoms. The van der Waals surface area contributed by atoms with Crippen molar-refractivity contribution in [2.75, 3.05) is 12.1 Å². The van der Waals surface area contributed by atoms with E-state index >= 15 is 0 Å². The van der Waals surface area contributed by atoms with E-state index in [1.54, 1.807) is 19.2 Å². The smallest absolute Gasteiger partial charge is 0.356 e. The number of aromatic nitrogens is 1. The molecule has 2 rings (SSSR count). The predicted molar refractivity (Wildman–Crippen MR) is 72.1 cm³/mol. The first-order valence-electron chi connectivity index (χ1n) is 5.50. The number of nitrogens with zero attached hydrogens (tertiary/aromatic N) is 1. The average Bonchev–Trinajstić information content (AvgIpc) is 2.39. The third-order valence-electron chi connectivity index (χ3n) is 2.40. The Morgan fingerprint density at radius 1 is 1.33 bits per heavy atom. The van der Waals surface area contributed by atoms with E-state index in [0.717, 1.165) is 16.5 Å². The summed E-state index contributed by atoms with van der Waals surface area (Å²) < 4.78 is 10.2. The highest BCUT2D eigenvalue weighted by Gasteiger charge is 2.09. The van der Waals surface area contributed by atoms with E-state index in [1.165, 1.54) is 0 Å². The molecule has 0 saturated carbocycles. The van der Waals surface area contributed by atoms with Crippen LogP contribution in [0.5, 0.6) is 5.75 Å². The molecule has 94 valence electrons. The van der Waals surface area contributed by atoms with E-state index in [9.17, 15) is 4.79 Å². The second kappa shape index (κ2) is 5.82. The van der Waals surface area contributed by atoms with Gasteiger partial charge in [-0.3, -0.25) is 0 Å². The number of esters is 1. The highest BCUT2D eigenvalue weighted by Crippen LogP contribution is 2.21. The fourth-order valence-corrected chi connectivity index (χ4v) is 1.85. The lowest BCUT2D eigenvalue weighted by molar-refractivity contribution is 0.0520. The van der Waals surface area contributed by atoms with Gasteiger partial charge in [0.05, 0.1) is 6.61 Å². The lowest BCUT2D eigenvalue weighted by Gasteiger charge is -2.05. The number of alkyl halides is 1. The van der Waals surface area contributed by atoms with Crippen LogP contribution in [-0.2, 0) is 4.74 Å². The third kappa shape index (κ3) is 2.79. The summed E-state index contributed by atoms with van der Waals surface area (Å²) in [6, 6.07) is 7.32. The molecule has 0 amide bonds. The van der Waals surface area contributed by atoms with Gasteiger partial charge in [-0.05, 0) is 46.4 Å². The maximum Gasteiger partial charge on any atom is 0.356 e. The lowest BCUT2D eigenvalue weighted by Crippen LogP contribution is -2.06. The number of hydrogen-bond acceptors (Lipinski definition) is 4. The fraction of sp³-hybridized carbons (Fsp3) is 0.231. The number of carbonyl (C=O) groups is 1. The summed E-state index contributed by atoms with van der Waals surface area (Å²) in [7, 11) is 0. The largest absolute Gasteiger partial charge is 0.482 e. The molecule has 0 saturated heterocycles. The van der Waals surface area contributed by atoms with Crippen LogP contribution in [0.1, 0.15) is 17.4 Å². The van der Waals surface area contributed by atoms with Crippen molar-refractivity contribution in [3.8, 4) is 5.75 Å². The van der Waals surface area contributed by atoms with Gasteiger partial charge < -0.3 is 9.47 Å². The highest BCUT2D eigenvalue weighted by molar-refractivity contribution is 9.09. The van der Waals surface area contributed by atoms with Crippen LogP contribution in [0.2, 0.25) is 0 Å². The van der Waals surface area contributed by atoms with Gasteiger partial charge in [0.2, 0.25) is 0 Å². The first kappa shape index (κ1) is 12.8. The van der Waals surface area contributed by atoms with Gasteiger partial charge in [0.15, 0.2) is 0 Å². The SMILES string of the molecule is CCOC(=O)c1cc2ccc(OCBr)cc2cn1. The van der Waals surface area contributed by atoms with Gasteiger partial charge in [-0.1, -0.05) is 6.07 Å². The summed E-state index contributed by atoms with van der Waals surface area (Å²) >= 11 is 3.20. The summed E-state index contributed by atoms with van der Waals surface area (Å²) in [6.07, 6.45) is 1.64. The quantitative estimate of drug-likeness (QED) is 0.643. The van der Waals surface area contributed by atoms with Crippen molar-refractivity contribution < 1.29 is 14.3 Å². The Kier molecular flexibility index (Phi) is 4.15. The highest BCUT2D eigenvalue weighted by atomic mass is 79.9. The topological polar surface area (TPSA) is 48.4 Å². The van der Waals surface area contributed by atoms with Crippen LogP contribution in [0.15, 0.2) is 30.5 Å². The van der Waals surface area contributed by atoms with E-state index in [4.69, 9.17) is 9.47 Å². The Bertz CT molecular complexity index is 571. The molecule has 0 bridgehead atoms. The summed E-state index contributed by atoms with van der Waals surface area (Å²) in [5.41, 5.74) is 0.755. The van der Waals surface area contributed by atoms with Gasteiger partial charge in [0, 0.05) is 11.6 Å². The number of halogens is 1. The van der Waals surface area contributed by atoms with Crippen molar-refractivity contribution in [3.05, 3.63) is 36.2 Å². The van der Waals surface area contributed by atoms with Crippen molar-refractivity contribution in [1.82, 2.24) is 4.98 Å². The minimum atomic E-state index is -0.403. The number of carbonyl (C=O) groups excluding carboxylic acids is 1. The molecule has 0 radical (unpaired) electrons. The molecule has 0 aliphatic heterocycles. The van der Waals surface area contributed by atoms with Crippen molar-refractivity contribution in [2.24, 2.45) is 0 Å². The number of benzene rings is 1. The first-order chi connectivity index (χ1) is 8.74. The Balaban J connectivity index is 2.35. The van der Waals surface area contributed by atoms with Crippen LogP contribution in [0.3, 0.4) is 0 Å². The maximum absolute atomic E-state index is 11.5. The zero-order chi connectivity index (χ0) is 13.0. The van der Waals surface area contributed by atoms with E-state index in [2.05, 4.69) is 20.9 Å². The zero-order valence-electron chi connectivity index (χ0n) is 9.85. The summed E-state index contributed by atoms with van der Waals surface area (Å²) in [5, 5.41) is 1.84. The van der Waals surface area contributed by atoms with E-state index < -0.39 is 5.97 Å². The second-order valence-electron chi connectivity index (χ2n) is 3.55. The fourth-order valence-electron chi connectivity index (χ4n) is 1.59. The molecule has 1 aromatic heterocycles. The molecule has 0 aliphatic carbocycles. The van der Waals surface area contributed by atoms with Crippen LogP contribution in [0.4, 0.5) is 0 Å². The molecule has 2 aromatic rings. The molecule has 0 unspecified atom stereocenters. The van der Waals surface area contributed by atoms with E-state index in [1.807, 2.05) is 18.2 Å². The summed E-state index contributed by atoms with van der Waals surface area (Å²) in [5.74, 6) is 0.352. The van der Waals surface area contributed by atoms with Gasteiger partial charge in [0.25, 0.3) is 0 Å². The van der Waals surface area contributed by atoms with Gasteiger partial charge in [-0.25, -0.2) is 9.78 Å². The first-order valence-corrected chi connectivity index (χ1v) is 6.62. The Labute approximate surface area is 113 Å². The third-order valence-corrected chi connectivity index (χ3v) is 2.63. The van der Waals surface area contributed by atoms with Crippen molar-refractivity contribution >= 4 is 32.7 Å². The minimum Gasteiger partial charge on any atom is -0.482 e. The Morgan fingerprint density at radius 3 is 2.89 bits per heavy atom. The molecule has 0 N–H and O–H groups in total. The summed E-state index contributed by atoms with van der Waals surface area (Å²) in [4.78, 5) is 15.6. The van der Waals surface area contributed by atoms with Crippen LogP contribution < -0.4 is 4.74 Å². The maximum atomic E-state index is 11.5. The van der Waals surface area contributed by atoms with Crippen molar-refractivity contribution in [3.63, 3.8) is 0 Å². The molecule has 18 heavy (non-hydrogen) atoms. The van der Waals surface area contributed by atoms with Crippen LogP contribution in [0, 0.1) is 0 Å². The molecule has 0 fully saturated rings. The number of hydrogen-bond donors (Lipinski definition) is 0. The van der Waals surface area contributed by atoms with Gasteiger partial charge >= 0.3 is 5.97 Å². The van der Waals surface area contributed by atoms with Crippen LogP contribution >= 0.6 is 15.9 Å². The molecule has 0 aliphatic rings. The predicted octanol–water partition coefficient (Wildman–Crippen LogP) is 3.14. The molecule has 5 heteroatoms. The van der Waals surface area contributed by atoms with Gasteiger partial charge in [0.1, 0.15) is 17.0 Å². The molecular weight excluding hydrogens is 298 g/mol. The van der Waals surface area contributed by atoms with E-state index in [-0.39, 0.29) is 0 Å². The van der Waals surface area contributed by atoms with Crippen LogP contribution in [0.25, 0.3) is 10.8 Å². The monoisotopic (exact) mass is 309 g/mol. The molecule has 0 atom stereocenters. The number of ether oxygens (including phenoxy) is 2. The number of rotatable bonds is 4. The molecule has 1 aromatic carbocycles. The minimum absolute atomic E-state index is 0.318.